The minimum absolute atomic E-state index is 0.107. The normalized spacial score (nSPS) is 17.3. The Bertz CT molecular complexity index is 1740. The van der Waals surface area contributed by atoms with Gasteiger partial charge in [-0.05, 0) is 67.5 Å². The van der Waals surface area contributed by atoms with Crippen molar-refractivity contribution in [2.75, 3.05) is 0 Å². The molecular formula is C30H27ClF2N6O2. The zero-order valence-corrected chi connectivity index (χ0v) is 22.7. The van der Waals surface area contributed by atoms with E-state index in [-0.39, 0.29) is 28.2 Å². The largest absolute Gasteiger partial charge is 0.349 e. The van der Waals surface area contributed by atoms with Gasteiger partial charge >= 0.3 is 5.69 Å². The molecule has 3 heterocycles. The number of fused-ring (bicyclic) bond motifs is 1. The van der Waals surface area contributed by atoms with Gasteiger partial charge in [0.15, 0.2) is 0 Å². The number of amides is 1. The van der Waals surface area contributed by atoms with Gasteiger partial charge in [0.2, 0.25) is 0 Å². The van der Waals surface area contributed by atoms with E-state index < -0.39 is 18.0 Å². The van der Waals surface area contributed by atoms with Crippen LogP contribution in [0.4, 0.5) is 8.78 Å². The van der Waals surface area contributed by atoms with E-state index in [4.69, 9.17) is 11.6 Å². The lowest BCUT2D eigenvalue weighted by atomic mass is 9.85. The van der Waals surface area contributed by atoms with E-state index >= 15 is 0 Å². The van der Waals surface area contributed by atoms with E-state index in [1.54, 1.807) is 17.1 Å². The Morgan fingerprint density at radius 1 is 1.05 bits per heavy atom. The van der Waals surface area contributed by atoms with Crippen molar-refractivity contribution in [2.45, 2.75) is 44.7 Å². The molecule has 1 amide bonds. The quantitative estimate of drug-likeness (QED) is 0.242. The lowest BCUT2D eigenvalue weighted by Crippen LogP contribution is -2.39. The minimum Gasteiger partial charge on any atom is -0.349 e. The fraction of sp³-hybridized carbons (Fsp3) is 0.267. The molecular weight excluding hydrogens is 550 g/mol. The highest BCUT2D eigenvalue weighted by molar-refractivity contribution is 6.30. The third-order valence-corrected chi connectivity index (χ3v) is 7.94. The molecule has 0 bridgehead atoms. The summed E-state index contributed by atoms with van der Waals surface area (Å²) in [5.41, 5.74) is 3.46. The second-order valence-electron chi connectivity index (χ2n) is 10.3. The highest BCUT2D eigenvalue weighted by Crippen LogP contribution is 2.29. The number of benzene rings is 2. The number of hydrogen-bond acceptors (Lipinski definition) is 4. The molecule has 1 aliphatic rings. The Kier molecular flexibility index (Phi) is 7.40. The van der Waals surface area contributed by atoms with Crippen LogP contribution in [0, 0.1) is 5.92 Å². The number of H-pyrrole nitrogens is 1. The molecule has 210 valence electrons. The number of para-hydroxylation sites is 2. The maximum Gasteiger partial charge on any atom is 0.333 e. The van der Waals surface area contributed by atoms with Gasteiger partial charge in [-0.1, -0.05) is 35.9 Å². The fourth-order valence-electron chi connectivity index (χ4n) is 5.65. The van der Waals surface area contributed by atoms with Gasteiger partial charge < -0.3 is 10.3 Å². The third kappa shape index (κ3) is 5.39. The van der Waals surface area contributed by atoms with Crippen molar-refractivity contribution >= 4 is 28.5 Å². The SMILES string of the molecule is O=C(NC1CCC(Cn2c(=O)n(-c3ccc(-c4cnc[nH]4)cc3)c3ccccc32)CC1)c1cc(Cl)cnc1C(F)F. The number of nitrogens with one attached hydrogen (secondary N) is 2. The molecule has 0 saturated heterocycles. The minimum atomic E-state index is -2.88. The molecule has 41 heavy (non-hydrogen) atoms. The summed E-state index contributed by atoms with van der Waals surface area (Å²) >= 11 is 5.91. The average molecular weight is 577 g/mol. The molecule has 8 nitrogen and oxygen atoms in total. The van der Waals surface area contributed by atoms with Crippen molar-refractivity contribution < 1.29 is 13.6 Å². The van der Waals surface area contributed by atoms with Crippen LogP contribution in [0.25, 0.3) is 28.0 Å². The predicted octanol–water partition coefficient (Wildman–Crippen LogP) is 6.16. The van der Waals surface area contributed by atoms with E-state index in [9.17, 15) is 18.4 Å². The van der Waals surface area contributed by atoms with Crippen molar-refractivity contribution in [1.82, 2.24) is 29.4 Å². The smallest absolute Gasteiger partial charge is 0.333 e. The van der Waals surface area contributed by atoms with Gasteiger partial charge in [0.1, 0.15) is 5.69 Å². The van der Waals surface area contributed by atoms with E-state index in [0.717, 1.165) is 47.0 Å². The van der Waals surface area contributed by atoms with Crippen LogP contribution in [0.5, 0.6) is 0 Å². The number of pyridine rings is 1. The maximum atomic E-state index is 13.7. The first kappa shape index (κ1) is 26.9. The molecule has 0 aliphatic heterocycles. The van der Waals surface area contributed by atoms with Crippen molar-refractivity contribution in [1.29, 1.82) is 0 Å². The Morgan fingerprint density at radius 2 is 1.78 bits per heavy atom. The summed E-state index contributed by atoms with van der Waals surface area (Å²) in [5, 5.41) is 3.00. The van der Waals surface area contributed by atoms with Crippen molar-refractivity contribution in [3.63, 3.8) is 0 Å². The topological polar surface area (TPSA) is 97.6 Å². The van der Waals surface area contributed by atoms with Gasteiger partial charge in [0.05, 0.1) is 45.5 Å². The first-order chi connectivity index (χ1) is 19.9. The van der Waals surface area contributed by atoms with Crippen LogP contribution >= 0.6 is 11.6 Å². The molecule has 0 unspecified atom stereocenters. The summed E-state index contributed by atoms with van der Waals surface area (Å²) in [6.07, 6.45) is 4.54. The summed E-state index contributed by atoms with van der Waals surface area (Å²) in [7, 11) is 0. The number of rotatable bonds is 7. The van der Waals surface area contributed by atoms with Crippen LogP contribution in [0.2, 0.25) is 5.02 Å². The Morgan fingerprint density at radius 3 is 2.46 bits per heavy atom. The van der Waals surface area contributed by atoms with E-state index in [1.807, 2.05) is 53.1 Å². The molecule has 1 saturated carbocycles. The molecule has 0 radical (unpaired) electrons. The molecule has 0 spiro atoms. The second-order valence-corrected chi connectivity index (χ2v) is 10.7. The number of carbonyl (C=O) groups is 1. The van der Waals surface area contributed by atoms with E-state index in [0.29, 0.717) is 19.4 Å². The number of nitrogens with zero attached hydrogens (tertiary/aromatic N) is 4. The van der Waals surface area contributed by atoms with Crippen molar-refractivity contribution in [3.8, 4) is 16.9 Å². The average Bonchev–Trinajstić information content (AvgIpc) is 3.61. The Balaban J connectivity index is 1.17. The first-order valence-corrected chi connectivity index (χ1v) is 13.8. The highest BCUT2D eigenvalue weighted by atomic mass is 35.5. The summed E-state index contributed by atoms with van der Waals surface area (Å²) in [6.45, 7) is 0.549. The second kappa shape index (κ2) is 11.3. The number of imidazole rings is 2. The van der Waals surface area contributed by atoms with Crippen molar-refractivity contribution in [2.24, 2.45) is 5.92 Å². The number of carbonyl (C=O) groups excluding carboxylic acids is 1. The summed E-state index contributed by atoms with van der Waals surface area (Å²) in [4.78, 5) is 37.3. The highest BCUT2D eigenvalue weighted by Gasteiger charge is 2.27. The lowest BCUT2D eigenvalue weighted by Gasteiger charge is -2.29. The van der Waals surface area contributed by atoms with Crippen LogP contribution in [-0.2, 0) is 6.54 Å². The van der Waals surface area contributed by atoms with Crippen molar-refractivity contribution in [3.05, 3.63) is 100 Å². The summed E-state index contributed by atoms with van der Waals surface area (Å²) < 4.78 is 30.3. The number of hydrogen-bond donors (Lipinski definition) is 2. The summed E-state index contributed by atoms with van der Waals surface area (Å²) in [6, 6.07) is 16.6. The van der Waals surface area contributed by atoms with Gasteiger partial charge in [0.25, 0.3) is 12.3 Å². The molecule has 2 aromatic carbocycles. The first-order valence-electron chi connectivity index (χ1n) is 13.4. The standard InChI is InChI=1S/C30H27ClF2N6O2/c31-20-13-23(27(28(32)33)35-14-20)29(40)37-21-9-5-18(6-10-21)16-38-25-3-1-2-4-26(25)39(30(38)41)22-11-7-19(8-12-22)24-15-34-17-36-24/h1-4,7-8,11-15,17-18,21,28H,5-6,9-10,16H2,(H,34,36)(H,37,40). The van der Waals surface area contributed by atoms with Gasteiger partial charge in [0, 0.05) is 18.8 Å². The zero-order valence-electron chi connectivity index (χ0n) is 21.9. The van der Waals surface area contributed by atoms with Gasteiger partial charge in [-0.2, -0.15) is 0 Å². The van der Waals surface area contributed by atoms with E-state index in [2.05, 4.69) is 20.3 Å². The number of aromatic amines is 1. The summed E-state index contributed by atoms with van der Waals surface area (Å²) in [5.74, 6) is -0.371. The van der Waals surface area contributed by atoms with Crippen LogP contribution in [-0.4, -0.2) is 36.0 Å². The number of aromatic nitrogens is 5. The Hall–Kier alpha value is -4.31. The fourth-order valence-corrected chi connectivity index (χ4v) is 5.81. The molecule has 1 aliphatic carbocycles. The predicted molar refractivity (Wildman–Crippen MR) is 153 cm³/mol. The van der Waals surface area contributed by atoms with Gasteiger partial charge in [-0.3, -0.25) is 18.9 Å². The molecule has 6 rings (SSSR count). The monoisotopic (exact) mass is 576 g/mol. The third-order valence-electron chi connectivity index (χ3n) is 7.73. The van der Waals surface area contributed by atoms with Crippen LogP contribution in [0.15, 0.2) is 78.1 Å². The molecule has 11 heteroatoms. The van der Waals surface area contributed by atoms with E-state index in [1.165, 1.54) is 6.07 Å². The number of halogens is 3. The lowest BCUT2D eigenvalue weighted by molar-refractivity contribution is 0.0904. The molecule has 2 N–H and O–H groups in total. The van der Waals surface area contributed by atoms with Gasteiger partial charge in [-0.15, -0.1) is 0 Å². The van der Waals surface area contributed by atoms with Crippen LogP contribution in [0.3, 0.4) is 0 Å². The molecule has 3 aromatic heterocycles. The molecule has 5 aromatic rings. The molecule has 0 atom stereocenters. The zero-order chi connectivity index (χ0) is 28.5. The van der Waals surface area contributed by atoms with Crippen LogP contribution < -0.4 is 11.0 Å². The van der Waals surface area contributed by atoms with Gasteiger partial charge in [-0.25, -0.2) is 18.6 Å². The Labute approximate surface area is 239 Å². The van der Waals surface area contributed by atoms with Crippen LogP contribution in [0.1, 0.15) is 48.2 Å². The maximum absolute atomic E-state index is 13.7. The number of alkyl halides is 2. The molecule has 1 fully saturated rings.